The summed E-state index contributed by atoms with van der Waals surface area (Å²) in [6.45, 7) is 0.287. The van der Waals surface area contributed by atoms with Crippen LogP contribution in [0.4, 0.5) is 0 Å². The van der Waals surface area contributed by atoms with Gasteiger partial charge in [0.25, 0.3) is 5.91 Å². The summed E-state index contributed by atoms with van der Waals surface area (Å²) in [4.78, 5) is 15.7. The van der Waals surface area contributed by atoms with Gasteiger partial charge in [-0.25, -0.2) is 0 Å². The molecule has 2 rings (SSSR count). The average molecular weight is 236 g/mol. The first-order chi connectivity index (χ1) is 8.22. The van der Waals surface area contributed by atoms with Crippen molar-refractivity contribution in [3.05, 3.63) is 24.0 Å². The maximum Gasteiger partial charge on any atom is 0.255 e. The third kappa shape index (κ3) is 2.94. The molecule has 17 heavy (non-hydrogen) atoms. The molecule has 2 N–H and O–H groups in total. The van der Waals surface area contributed by atoms with Crippen LogP contribution in [-0.2, 0) is 0 Å². The van der Waals surface area contributed by atoms with E-state index < -0.39 is 6.10 Å². The van der Waals surface area contributed by atoms with Crippen molar-refractivity contribution in [1.29, 1.82) is 0 Å². The van der Waals surface area contributed by atoms with Gasteiger partial charge in [-0.05, 0) is 24.8 Å². The maximum absolute atomic E-state index is 11.8. The van der Waals surface area contributed by atoms with Gasteiger partial charge in [-0.2, -0.15) is 0 Å². The molecule has 0 saturated heterocycles. The third-order valence-corrected chi connectivity index (χ3v) is 2.89. The lowest BCUT2D eigenvalue weighted by Crippen LogP contribution is -2.33. The van der Waals surface area contributed by atoms with E-state index in [1.807, 2.05) is 0 Å². The third-order valence-electron chi connectivity index (χ3n) is 2.89. The first-order valence-electron chi connectivity index (χ1n) is 5.66. The molecule has 5 heteroatoms. The monoisotopic (exact) mass is 236 g/mol. The highest BCUT2D eigenvalue weighted by Crippen LogP contribution is 2.32. The van der Waals surface area contributed by atoms with Crippen LogP contribution in [0.15, 0.2) is 18.5 Å². The van der Waals surface area contributed by atoms with Crippen molar-refractivity contribution in [2.24, 2.45) is 5.92 Å². The molecule has 1 aromatic rings. The Kier molecular flexibility index (Phi) is 3.58. The van der Waals surface area contributed by atoms with Gasteiger partial charge in [0.15, 0.2) is 0 Å². The van der Waals surface area contributed by atoms with Crippen LogP contribution in [0.25, 0.3) is 0 Å². The first-order valence-corrected chi connectivity index (χ1v) is 5.66. The largest absolute Gasteiger partial charge is 0.494 e. The number of ether oxygens (including phenoxy) is 1. The number of nitrogens with zero attached hydrogens (tertiary/aromatic N) is 1. The van der Waals surface area contributed by atoms with E-state index in [0.29, 0.717) is 17.2 Å². The van der Waals surface area contributed by atoms with Crippen LogP contribution >= 0.6 is 0 Å². The Morgan fingerprint density at radius 3 is 3.12 bits per heavy atom. The zero-order chi connectivity index (χ0) is 12.3. The van der Waals surface area contributed by atoms with Crippen LogP contribution in [0.2, 0.25) is 0 Å². The fourth-order valence-electron chi connectivity index (χ4n) is 1.67. The lowest BCUT2D eigenvalue weighted by molar-refractivity contribution is 0.0898. The summed E-state index contributed by atoms with van der Waals surface area (Å²) in [6, 6.07) is 1.59. The molecular weight excluding hydrogens is 220 g/mol. The van der Waals surface area contributed by atoms with E-state index in [0.717, 1.165) is 12.8 Å². The number of carbonyl (C=O) groups is 1. The van der Waals surface area contributed by atoms with Crippen molar-refractivity contribution in [2.45, 2.75) is 18.9 Å². The summed E-state index contributed by atoms with van der Waals surface area (Å²) < 4.78 is 5.05. The number of nitrogens with one attached hydrogen (secondary N) is 1. The van der Waals surface area contributed by atoms with Crippen molar-refractivity contribution in [1.82, 2.24) is 10.3 Å². The number of methoxy groups -OCH3 is 1. The molecule has 1 aliphatic carbocycles. The lowest BCUT2D eigenvalue weighted by Gasteiger charge is -2.12. The van der Waals surface area contributed by atoms with Gasteiger partial charge in [-0.1, -0.05) is 0 Å². The van der Waals surface area contributed by atoms with E-state index in [-0.39, 0.29) is 12.5 Å². The predicted molar refractivity (Wildman–Crippen MR) is 61.9 cm³/mol. The molecule has 92 valence electrons. The van der Waals surface area contributed by atoms with Crippen molar-refractivity contribution >= 4 is 5.91 Å². The molecule has 1 aliphatic rings. The summed E-state index contributed by atoms with van der Waals surface area (Å²) in [5, 5.41) is 12.4. The van der Waals surface area contributed by atoms with Gasteiger partial charge < -0.3 is 15.2 Å². The van der Waals surface area contributed by atoms with Crippen molar-refractivity contribution in [2.75, 3.05) is 13.7 Å². The lowest BCUT2D eigenvalue weighted by atomic mass is 10.2. The van der Waals surface area contributed by atoms with Gasteiger partial charge in [0.2, 0.25) is 0 Å². The topological polar surface area (TPSA) is 71.5 Å². The zero-order valence-corrected chi connectivity index (χ0v) is 9.72. The van der Waals surface area contributed by atoms with Crippen molar-refractivity contribution in [3.8, 4) is 5.75 Å². The Hall–Kier alpha value is -1.62. The minimum Gasteiger partial charge on any atom is -0.494 e. The fourth-order valence-corrected chi connectivity index (χ4v) is 1.67. The number of hydrogen-bond acceptors (Lipinski definition) is 4. The van der Waals surface area contributed by atoms with Gasteiger partial charge >= 0.3 is 0 Å². The van der Waals surface area contributed by atoms with Gasteiger partial charge in [-0.15, -0.1) is 0 Å². The zero-order valence-electron chi connectivity index (χ0n) is 9.72. The number of rotatable bonds is 5. The van der Waals surface area contributed by atoms with E-state index >= 15 is 0 Å². The van der Waals surface area contributed by atoms with Crippen LogP contribution in [-0.4, -0.2) is 35.8 Å². The number of hydrogen-bond donors (Lipinski definition) is 2. The number of aromatic nitrogens is 1. The van der Waals surface area contributed by atoms with Crippen LogP contribution < -0.4 is 10.1 Å². The molecule has 1 saturated carbocycles. The summed E-state index contributed by atoms with van der Waals surface area (Å²) in [7, 11) is 1.49. The molecule has 0 aliphatic heterocycles. The van der Waals surface area contributed by atoms with Crippen molar-refractivity contribution in [3.63, 3.8) is 0 Å². The Balaban J connectivity index is 1.94. The highest BCUT2D eigenvalue weighted by Gasteiger charge is 2.29. The van der Waals surface area contributed by atoms with E-state index in [2.05, 4.69) is 10.3 Å². The highest BCUT2D eigenvalue weighted by molar-refractivity contribution is 5.96. The maximum atomic E-state index is 11.8. The number of aliphatic hydroxyl groups is 1. The van der Waals surface area contributed by atoms with Gasteiger partial charge in [-0.3, -0.25) is 9.78 Å². The predicted octanol–water partition coefficient (Wildman–Crippen LogP) is 0.591. The Bertz CT molecular complexity index is 404. The summed E-state index contributed by atoms with van der Waals surface area (Å²) in [6.07, 6.45) is 4.69. The van der Waals surface area contributed by atoms with Crippen molar-refractivity contribution < 1.29 is 14.6 Å². The molecule has 1 fully saturated rings. The second-order valence-corrected chi connectivity index (χ2v) is 4.19. The molecule has 0 aromatic carbocycles. The molecule has 0 radical (unpaired) electrons. The summed E-state index contributed by atoms with van der Waals surface area (Å²) in [5.74, 6) is 0.546. The van der Waals surface area contributed by atoms with Crippen LogP contribution in [0.1, 0.15) is 23.2 Å². The van der Waals surface area contributed by atoms with Gasteiger partial charge in [0.1, 0.15) is 5.75 Å². The molecule has 0 spiro atoms. The standard InChI is InChI=1S/C12H16N2O3/c1-17-11-7-13-5-4-9(11)12(16)14-6-10(15)8-2-3-8/h4-5,7-8,10,15H,2-3,6H2,1H3,(H,14,16). The number of carbonyl (C=O) groups excluding carboxylic acids is 1. The molecule has 1 unspecified atom stereocenters. The van der Waals surface area contributed by atoms with Gasteiger partial charge in [0.05, 0.1) is 25.0 Å². The first kappa shape index (κ1) is 11.9. The second kappa shape index (κ2) is 5.14. The quantitative estimate of drug-likeness (QED) is 0.785. The van der Waals surface area contributed by atoms with E-state index in [1.165, 1.54) is 19.5 Å². The number of amides is 1. The Labute approximate surface area is 99.8 Å². The van der Waals surface area contributed by atoms with Gasteiger partial charge in [0, 0.05) is 12.7 Å². The average Bonchev–Trinajstić information content (AvgIpc) is 3.19. The number of aliphatic hydroxyl groups excluding tert-OH is 1. The fraction of sp³-hybridized carbons (Fsp3) is 0.500. The normalized spacial score (nSPS) is 16.4. The molecule has 1 atom stereocenters. The second-order valence-electron chi connectivity index (χ2n) is 4.19. The molecule has 1 heterocycles. The molecule has 0 bridgehead atoms. The summed E-state index contributed by atoms with van der Waals surface area (Å²) in [5.41, 5.74) is 0.436. The smallest absolute Gasteiger partial charge is 0.255 e. The summed E-state index contributed by atoms with van der Waals surface area (Å²) >= 11 is 0. The molecule has 1 aromatic heterocycles. The minimum absolute atomic E-state index is 0.246. The Morgan fingerprint density at radius 2 is 2.47 bits per heavy atom. The van der Waals surface area contributed by atoms with Crippen LogP contribution in [0.5, 0.6) is 5.75 Å². The van der Waals surface area contributed by atoms with E-state index in [4.69, 9.17) is 4.74 Å². The van der Waals surface area contributed by atoms with Crippen LogP contribution in [0.3, 0.4) is 0 Å². The molecule has 1 amide bonds. The Morgan fingerprint density at radius 1 is 1.71 bits per heavy atom. The SMILES string of the molecule is COc1cnccc1C(=O)NCC(O)C1CC1. The number of pyridine rings is 1. The highest BCUT2D eigenvalue weighted by atomic mass is 16.5. The van der Waals surface area contributed by atoms with Crippen LogP contribution in [0, 0.1) is 5.92 Å². The molecule has 5 nitrogen and oxygen atoms in total. The molecular formula is C12H16N2O3. The van der Waals surface area contributed by atoms with E-state index in [1.54, 1.807) is 6.07 Å². The van der Waals surface area contributed by atoms with E-state index in [9.17, 15) is 9.90 Å². The minimum atomic E-state index is -0.438.